The van der Waals surface area contributed by atoms with E-state index in [-0.39, 0.29) is 39.8 Å². The van der Waals surface area contributed by atoms with E-state index in [2.05, 4.69) is 5.32 Å². The molecule has 0 spiro atoms. The summed E-state index contributed by atoms with van der Waals surface area (Å²) in [5.41, 5.74) is 6.18. The second kappa shape index (κ2) is 18.3. The van der Waals surface area contributed by atoms with Gasteiger partial charge < -0.3 is 35.1 Å². The van der Waals surface area contributed by atoms with Crippen LogP contribution in [-0.2, 0) is 33.3 Å². The highest BCUT2D eigenvalue weighted by atomic mass is 35.5. The molecule has 4 N–H and O–H groups in total. The number of hydrogen-bond donors (Lipinski definition) is 3. The maximum atomic E-state index is 13.9. The lowest BCUT2D eigenvalue weighted by molar-refractivity contribution is -0.121. The molecule has 0 aromatic rings. The van der Waals surface area contributed by atoms with Gasteiger partial charge in [0, 0.05) is 37.2 Å². The first-order valence-electron chi connectivity index (χ1n) is 14.6. The average Bonchev–Trinajstić information content (AvgIpc) is 2.99. The monoisotopic (exact) mass is 668 g/mol. The van der Waals surface area contributed by atoms with Gasteiger partial charge in [0.25, 0.3) is 5.91 Å². The SMILES string of the molecule is COC1=C2C[C@@H](C)C[C@H](OC)[C@H](O)[C@@H](C)/C=C(\C)[C@H](OC(N)=O)[C@@H](OC)/C=C\C=C(/C)C(=O)NC(=C(SCCCCl)C1=O)C2=O. The first-order chi connectivity index (χ1) is 21.3. The van der Waals surface area contributed by atoms with Gasteiger partial charge in [-0.25, -0.2) is 4.79 Å². The number of methoxy groups -OCH3 is 3. The summed E-state index contributed by atoms with van der Waals surface area (Å²) < 4.78 is 22.1. The first-order valence-corrected chi connectivity index (χ1v) is 16.2. The lowest BCUT2D eigenvalue weighted by Crippen LogP contribution is -2.37. The number of aliphatic hydroxyl groups excluding tert-OH is 1. The number of fused-ring (bicyclic) bond motifs is 2. The number of nitrogens with two attached hydrogens (primary N) is 1. The van der Waals surface area contributed by atoms with E-state index in [4.69, 9.17) is 36.3 Å². The Morgan fingerprint density at radius 2 is 1.82 bits per heavy atom. The fraction of sp³-hybridized carbons (Fsp3) is 0.562. The zero-order valence-corrected chi connectivity index (χ0v) is 28.5. The molecule has 6 atom stereocenters. The number of ether oxygens (including phenoxy) is 4. The topological polar surface area (TPSA) is 163 Å². The molecule has 2 bridgehead atoms. The molecule has 2 aliphatic rings. The van der Waals surface area contributed by atoms with Crippen molar-refractivity contribution in [2.45, 2.75) is 71.4 Å². The molecule has 0 saturated carbocycles. The normalized spacial score (nSPS) is 30.6. The van der Waals surface area contributed by atoms with E-state index in [0.29, 0.717) is 30.0 Å². The number of amides is 2. The number of hydrogen-bond acceptors (Lipinski definition) is 10. The number of Topliss-reactive ketones (excluding diaryl/α,β-unsaturated/α-hetero) is 2. The Labute approximate surface area is 274 Å². The summed E-state index contributed by atoms with van der Waals surface area (Å²) in [6.45, 7) is 6.95. The third-order valence-electron chi connectivity index (χ3n) is 7.58. The van der Waals surface area contributed by atoms with Crippen LogP contribution in [0.1, 0.15) is 47.0 Å². The predicted molar refractivity (Wildman–Crippen MR) is 173 cm³/mol. The lowest BCUT2D eigenvalue weighted by atomic mass is 9.85. The van der Waals surface area contributed by atoms with Gasteiger partial charge in [0.2, 0.25) is 11.6 Å². The molecule has 2 rings (SSSR count). The standard InChI is InChI=1S/C32H45ClN2O9S/c1-17-14-21-26(37)24(30(45-13-9-12-33)27(38)29(21)43-7)35-31(39)18(2)10-8-11-22(41-5)28(44-32(34)40)20(4)16-19(3)25(36)23(15-17)42-6/h8,10-11,16-17,19,22-23,25,28,36H,9,12-15H2,1-7H3,(H2,34,40)(H,35,39)/b11-8-,18-10+,20-16+/t17-,19+,22+,23+,25-,28+/m1/s1. The molecule has 2 amide bonds. The van der Waals surface area contributed by atoms with Crippen LogP contribution in [0.4, 0.5) is 4.79 Å². The lowest BCUT2D eigenvalue weighted by Gasteiger charge is -2.30. The minimum Gasteiger partial charge on any atom is -0.492 e. The van der Waals surface area contributed by atoms with Crippen LogP contribution in [0.25, 0.3) is 0 Å². The number of carbonyl (C=O) groups is 4. The van der Waals surface area contributed by atoms with Crippen LogP contribution >= 0.6 is 23.4 Å². The highest BCUT2D eigenvalue weighted by Crippen LogP contribution is 2.35. The fourth-order valence-electron chi connectivity index (χ4n) is 5.19. The van der Waals surface area contributed by atoms with Crippen LogP contribution in [0, 0.1) is 11.8 Å². The molecule has 13 heteroatoms. The largest absolute Gasteiger partial charge is 0.492 e. The fourth-order valence-corrected chi connectivity index (χ4v) is 6.48. The Bertz CT molecular complexity index is 1270. The predicted octanol–water partition coefficient (Wildman–Crippen LogP) is 4.10. The van der Waals surface area contributed by atoms with Crippen LogP contribution in [0.5, 0.6) is 0 Å². The number of carbonyl (C=O) groups excluding carboxylic acids is 4. The van der Waals surface area contributed by atoms with E-state index in [1.165, 1.54) is 27.4 Å². The van der Waals surface area contributed by atoms with Crippen molar-refractivity contribution in [2.75, 3.05) is 33.0 Å². The summed E-state index contributed by atoms with van der Waals surface area (Å²) in [6.07, 6.45) is 3.06. The van der Waals surface area contributed by atoms with Crippen molar-refractivity contribution >= 4 is 46.9 Å². The summed E-state index contributed by atoms with van der Waals surface area (Å²) >= 11 is 6.98. The Kier molecular flexibility index (Phi) is 15.6. The number of halogens is 1. The number of thioether (sulfide) groups is 1. The minimum atomic E-state index is -1.01. The number of allylic oxidation sites excluding steroid dienone is 4. The van der Waals surface area contributed by atoms with Crippen molar-refractivity contribution in [1.82, 2.24) is 5.32 Å². The Morgan fingerprint density at radius 1 is 1.13 bits per heavy atom. The second-order valence-corrected chi connectivity index (χ2v) is 12.6. The van der Waals surface area contributed by atoms with E-state index in [0.717, 1.165) is 11.8 Å². The number of primary amides is 1. The second-order valence-electron chi connectivity index (χ2n) is 11.1. The van der Waals surface area contributed by atoms with Gasteiger partial charge in [0.15, 0.2) is 11.9 Å². The summed E-state index contributed by atoms with van der Waals surface area (Å²) in [4.78, 5) is 52.7. The minimum absolute atomic E-state index is 0.0763. The van der Waals surface area contributed by atoms with Gasteiger partial charge in [-0.1, -0.05) is 38.2 Å². The molecule has 0 aromatic carbocycles. The third-order valence-corrected chi connectivity index (χ3v) is 9.02. The molecule has 11 nitrogen and oxygen atoms in total. The molecule has 1 heterocycles. The van der Waals surface area contributed by atoms with Crippen LogP contribution in [0.2, 0.25) is 0 Å². The van der Waals surface area contributed by atoms with E-state index in [9.17, 15) is 24.3 Å². The molecule has 250 valence electrons. The number of ketones is 2. The Morgan fingerprint density at radius 3 is 2.40 bits per heavy atom. The van der Waals surface area contributed by atoms with Crippen LogP contribution in [-0.4, -0.2) is 86.1 Å². The van der Waals surface area contributed by atoms with Crippen LogP contribution < -0.4 is 11.1 Å². The molecule has 0 unspecified atom stereocenters. The van der Waals surface area contributed by atoms with Gasteiger partial charge in [-0.15, -0.1) is 23.4 Å². The van der Waals surface area contributed by atoms with Crippen molar-refractivity contribution in [3.05, 3.63) is 57.4 Å². The molecular formula is C32H45ClN2O9S. The van der Waals surface area contributed by atoms with Gasteiger partial charge in [-0.3, -0.25) is 14.4 Å². The van der Waals surface area contributed by atoms with Crippen molar-refractivity contribution in [3.8, 4) is 0 Å². The summed E-state index contributed by atoms with van der Waals surface area (Å²) in [5, 5.41) is 13.9. The zero-order chi connectivity index (χ0) is 33.8. The highest BCUT2D eigenvalue weighted by Gasteiger charge is 2.38. The Balaban J connectivity index is 2.70. The van der Waals surface area contributed by atoms with Gasteiger partial charge >= 0.3 is 6.09 Å². The van der Waals surface area contributed by atoms with Gasteiger partial charge in [0.05, 0.1) is 24.2 Å². The van der Waals surface area contributed by atoms with E-state index >= 15 is 0 Å². The molecular weight excluding hydrogens is 624 g/mol. The smallest absolute Gasteiger partial charge is 0.405 e. The molecule has 1 aliphatic heterocycles. The molecule has 0 aromatic heterocycles. The maximum absolute atomic E-state index is 13.9. The van der Waals surface area contributed by atoms with Crippen LogP contribution in [0.3, 0.4) is 0 Å². The first kappa shape index (κ1) is 38.3. The summed E-state index contributed by atoms with van der Waals surface area (Å²) in [5.74, 6) is -1.59. The zero-order valence-electron chi connectivity index (χ0n) is 26.9. The number of nitrogens with one attached hydrogen (secondary N) is 1. The maximum Gasteiger partial charge on any atom is 0.405 e. The Hall–Kier alpha value is -2.90. The number of rotatable bonds is 8. The van der Waals surface area contributed by atoms with Gasteiger partial charge in [-0.05, 0) is 50.4 Å². The van der Waals surface area contributed by atoms with Crippen molar-refractivity contribution in [3.63, 3.8) is 0 Å². The van der Waals surface area contributed by atoms with Crippen molar-refractivity contribution in [1.29, 1.82) is 0 Å². The van der Waals surface area contributed by atoms with E-state index in [1.54, 1.807) is 39.0 Å². The van der Waals surface area contributed by atoms with Gasteiger partial charge in [0.1, 0.15) is 11.8 Å². The molecule has 0 radical (unpaired) electrons. The molecule has 45 heavy (non-hydrogen) atoms. The quantitative estimate of drug-likeness (QED) is 0.149. The number of alkyl halides is 1. The molecule has 0 saturated heterocycles. The highest BCUT2D eigenvalue weighted by molar-refractivity contribution is 8.04. The van der Waals surface area contributed by atoms with Crippen LogP contribution in [0.15, 0.2) is 57.4 Å². The third kappa shape index (κ3) is 10.3. The van der Waals surface area contributed by atoms with Crippen molar-refractivity contribution < 1.29 is 43.2 Å². The van der Waals surface area contributed by atoms with Gasteiger partial charge in [-0.2, -0.15) is 0 Å². The van der Waals surface area contributed by atoms with E-state index < -0.39 is 53.9 Å². The summed E-state index contributed by atoms with van der Waals surface area (Å²) in [6, 6.07) is 0. The summed E-state index contributed by atoms with van der Waals surface area (Å²) in [7, 11) is 4.24. The molecule has 1 aliphatic carbocycles. The number of aliphatic hydroxyl groups is 1. The van der Waals surface area contributed by atoms with E-state index in [1.807, 2.05) is 6.92 Å². The molecule has 0 fully saturated rings. The average molecular weight is 669 g/mol. The van der Waals surface area contributed by atoms with Crippen molar-refractivity contribution in [2.24, 2.45) is 17.6 Å².